The molecule has 0 aromatic rings. The van der Waals surface area contributed by atoms with Crippen molar-refractivity contribution in [2.75, 3.05) is 0 Å². The second-order valence-corrected chi connectivity index (χ2v) is 8.37. The molecule has 3 heterocycles. The fourth-order valence-corrected chi connectivity index (χ4v) is 4.88. The van der Waals surface area contributed by atoms with Crippen LogP contribution >= 0.6 is 0 Å². The van der Waals surface area contributed by atoms with Crippen molar-refractivity contribution in [3.63, 3.8) is 0 Å². The Bertz CT molecular complexity index is 557. The quantitative estimate of drug-likeness (QED) is 0.422. The standard InChI is InChI=1S/C22H34O5/c1-3-4-5-8-15(23)10-11-16-17-12-18(14(2)7-6-9-21(24)25)26-20-13-19(16)27-22(17)20/h10-11,15-20,22-23H,2-9,12-13H2,1H3,(H,24,25)/b11-10+/t15-,16-,17-,18?,19+,20+,22+/m0/s1. The summed E-state index contributed by atoms with van der Waals surface area (Å²) in [7, 11) is 0. The number of carboxylic acids is 1. The van der Waals surface area contributed by atoms with Gasteiger partial charge in [0.2, 0.25) is 0 Å². The minimum absolute atomic E-state index is 0.00178. The van der Waals surface area contributed by atoms with Crippen molar-refractivity contribution in [3.05, 3.63) is 24.3 Å². The molecule has 3 aliphatic heterocycles. The van der Waals surface area contributed by atoms with Crippen LogP contribution in [0.15, 0.2) is 24.3 Å². The maximum absolute atomic E-state index is 10.7. The number of aliphatic carboxylic acids is 1. The molecule has 27 heavy (non-hydrogen) atoms. The number of aliphatic hydroxyl groups is 1. The molecule has 1 unspecified atom stereocenters. The SMILES string of the molecule is C=C(CCCC(=O)O)C1C[C@H]2[C@H](/C=C/[C@@H](O)CCCCC)[C@H]3C[C@@H](O1)[C@@H]2O3. The fourth-order valence-electron chi connectivity index (χ4n) is 4.88. The van der Waals surface area contributed by atoms with E-state index in [1.54, 1.807) is 0 Å². The van der Waals surface area contributed by atoms with Crippen LogP contribution in [-0.2, 0) is 14.3 Å². The minimum atomic E-state index is -0.763. The van der Waals surface area contributed by atoms with E-state index in [-0.39, 0.29) is 36.9 Å². The van der Waals surface area contributed by atoms with Gasteiger partial charge in [0.05, 0.1) is 30.5 Å². The molecule has 0 aromatic heterocycles. The summed E-state index contributed by atoms with van der Waals surface area (Å²) in [4.78, 5) is 10.7. The van der Waals surface area contributed by atoms with Gasteiger partial charge < -0.3 is 19.7 Å². The first-order valence-corrected chi connectivity index (χ1v) is 10.6. The Balaban J connectivity index is 1.54. The largest absolute Gasteiger partial charge is 0.481 e. The Hall–Kier alpha value is -1.17. The van der Waals surface area contributed by atoms with Crippen molar-refractivity contribution in [2.45, 2.75) is 95.2 Å². The van der Waals surface area contributed by atoms with Gasteiger partial charge in [-0.05, 0) is 37.2 Å². The van der Waals surface area contributed by atoms with Crippen LogP contribution in [0, 0.1) is 11.8 Å². The molecular formula is C22H34O5. The Morgan fingerprint density at radius 1 is 1.19 bits per heavy atom. The Morgan fingerprint density at radius 2 is 2.00 bits per heavy atom. The normalized spacial score (nSPS) is 35.6. The van der Waals surface area contributed by atoms with Gasteiger partial charge in [0, 0.05) is 18.8 Å². The van der Waals surface area contributed by atoms with Crippen molar-refractivity contribution in [1.82, 2.24) is 0 Å². The zero-order valence-electron chi connectivity index (χ0n) is 16.4. The van der Waals surface area contributed by atoms with E-state index >= 15 is 0 Å². The first-order valence-electron chi connectivity index (χ1n) is 10.6. The Labute approximate surface area is 162 Å². The highest BCUT2D eigenvalue weighted by Gasteiger charge is 2.57. The van der Waals surface area contributed by atoms with E-state index in [4.69, 9.17) is 14.6 Å². The number of rotatable bonds is 11. The van der Waals surface area contributed by atoms with Crippen LogP contribution in [0.4, 0.5) is 0 Å². The number of fused-ring (bicyclic) bond motifs is 1. The van der Waals surface area contributed by atoms with Gasteiger partial charge in [0.15, 0.2) is 0 Å². The topological polar surface area (TPSA) is 76.0 Å². The summed E-state index contributed by atoms with van der Waals surface area (Å²) in [6.45, 7) is 6.33. The number of hydrogen-bond donors (Lipinski definition) is 2. The average Bonchev–Trinajstić information content (AvgIpc) is 3.19. The fraction of sp³-hybridized carbons (Fsp3) is 0.773. The van der Waals surface area contributed by atoms with Gasteiger partial charge in [0.1, 0.15) is 0 Å². The van der Waals surface area contributed by atoms with E-state index in [1.165, 1.54) is 0 Å². The van der Waals surface area contributed by atoms with E-state index < -0.39 is 5.97 Å². The van der Waals surface area contributed by atoms with Crippen LogP contribution in [0.1, 0.15) is 64.7 Å². The molecule has 3 saturated heterocycles. The molecular weight excluding hydrogens is 344 g/mol. The van der Waals surface area contributed by atoms with Crippen LogP contribution in [0.2, 0.25) is 0 Å². The number of aliphatic hydroxyl groups excluding tert-OH is 1. The van der Waals surface area contributed by atoms with Gasteiger partial charge in [-0.15, -0.1) is 0 Å². The zero-order valence-corrected chi connectivity index (χ0v) is 16.4. The molecule has 5 heteroatoms. The number of carboxylic acid groups (broad SMARTS) is 1. The summed E-state index contributed by atoms with van der Waals surface area (Å²) in [5.41, 5.74) is 1.01. The molecule has 3 aliphatic rings. The maximum Gasteiger partial charge on any atom is 0.303 e. The van der Waals surface area contributed by atoms with Crippen LogP contribution in [-0.4, -0.2) is 46.7 Å². The zero-order chi connectivity index (χ0) is 19.4. The Kier molecular flexibility index (Phi) is 7.12. The predicted molar refractivity (Wildman–Crippen MR) is 103 cm³/mol. The van der Waals surface area contributed by atoms with E-state index in [1.807, 2.05) is 6.08 Å². The molecule has 0 aliphatic carbocycles. The van der Waals surface area contributed by atoms with E-state index in [2.05, 4.69) is 19.6 Å². The monoisotopic (exact) mass is 378 g/mol. The summed E-state index contributed by atoms with van der Waals surface area (Å²) in [6.07, 6.45) is 11.7. The molecule has 7 atom stereocenters. The molecule has 0 aromatic carbocycles. The smallest absolute Gasteiger partial charge is 0.303 e. The lowest BCUT2D eigenvalue weighted by molar-refractivity contribution is -0.137. The van der Waals surface area contributed by atoms with E-state index in [0.29, 0.717) is 24.7 Å². The lowest BCUT2D eigenvalue weighted by Gasteiger charge is -2.41. The van der Waals surface area contributed by atoms with Gasteiger partial charge >= 0.3 is 5.97 Å². The van der Waals surface area contributed by atoms with Crippen molar-refractivity contribution in [3.8, 4) is 0 Å². The molecule has 0 spiro atoms. The van der Waals surface area contributed by atoms with Gasteiger partial charge in [-0.1, -0.05) is 44.9 Å². The van der Waals surface area contributed by atoms with Crippen LogP contribution < -0.4 is 0 Å². The van der Waals surface area contributed by atoms with Gasteiger partial charge in [-0.3, -0.25) is 4.79 Å². The lowest BCUT2D eigenvalue weighted by atomic mass is 9.72. The number of hydrogen-bond acceptors (Lipinski definition) is 4. The Morgan fingerprint density at radius 3 is 2.74 bits per heavy atom. The minimum Gasteiger partial charge on any atom is -0.481 e. The predicted octanol–water partition coefficient (Wildman–Crippen LogP) is 3.86. The molecule has 0 saturated carbocycles. The maximum atomic E-state index is 10.7. The summed E-state index contributed by atoms with van der Waals surface area (Å²) in [6, 6.07) is 0. The van der Waals surface area contributed by atoms with E-state index in [9.17, 15) is 9.90 Å². The molecule has 3 rings (SSSR count). The highest BCUT2D eigenvalue weighted by Crippen LogP contribution is 2.51. The second-order valence-electron chi connectivity index (χ2n) is 8.37. The van der Waals surface area contributed by atoms with Crippen LogP contribution in [0.3, 0.4) is 0 Å². The number of ether oxygens (including phenoxy) is 2. The highest BCUT2D eigenvalue weighted by molar-refractivity contribution is 5.66. The summed E-state index contributed by atoms with van der Waals surface area (Å²) < 4.78 is 12.4. The molecule has 3 fully saturated rings. The lowest BCUT2D eigenvalue weighted by Crippen LogP contribution is -2.46. The third kappa shape index (κ3) is 5.01. The molecule has 2 N–H and O–H groups in total. The number of unbranched alkanes of at least 4 members (excludes halogenated alkanes) is 2. The summed E-state index contributed by atoms with van der Waals surface area (Å²) in [5.74, 6) is -0.0192. The van der Waals surface area contributed by atoms with Gasteiger partial charge in [-0.2, -0.15) is 0 Å². The first-order chi connectivity index (χ1) is 13.0. The van der Waals surface area contributed by atoms with Gasteiger partial charge in [0.25, 0.3) is 0 Å². The molecule has 2 bridgehead atoms. The van der Waals surface area contributed by atoms with Crippen LogP contribution in [0.25, 0.3) is 0 Å². The van der Waals surface area contributed by atoms with Crippen molar-refractivity contribution in [1.29, 1.82) is 0 Å². The van der Waals surface area contributed by atoms with Crippen molar-refractivity contribution in [2.24, 2.45) is 11.8 Å². The summed E-state index contributed by atoms with van der Waals surface area (Å²) in [5, 5.41) is 19.0. The first kappa shape index (κ1) is 20.6. The van der Waals surface area contributed by atoms with Crippen molar-refractivity contribution >= 4 is 5.97 Å². The third-order valence-corrected chi connectivity index (χ3v) is 6.34. The molecule has 5 nitrogen and oxygen atoms in total. The number of carbonyl (C=O) groups is 1. The van der Waals surface area contributed by atoms with E-state index in [0.717, 1.165) is 44.1 Å². The second kappa shape index (κ2) is 9.35. The third-order valence-electron chi connectivity index (χ3n) is 6.34. The van der Waals surface area contributed by atoms with Crippen LogP contribution in [0.5, 0.6) is 0 Å². The molecule has 0 amide bonds. The molecule has 0 radical (unpaired) electrons. The average molecular weight is 379 g/mol. The van der Waals surface area contributed by atoms with Gasteiger partial charge in [-0.25, -0.2) is 0 Å². The van der Waals surface area contributed by atoms with Crippen molar-refractivity contribution < 1.29 is 24.5 Å². The molecule has 152 valence electrons. The summed E-state index contributed by atoms with van der Waals surface area (Å²) >= 11 is 0. The highest BCUT2D eigenvalue weighted by atomic mass is 16.6.